The number of fused-ring (bicyclic) bond motifs is 1. The average molecular weight is 241 g/mol. The maximum atomic E-state index is 11.1. The number of aryl methyl sites for hydroxylation is 1. The fourth-order valence-electron chi connectivity index (χ4n) is 2.06. The van der Waals surface area contributed by atoms with Crippen molar-refractivity contribution in [2.24, 2.45) is 7.05 Å². The van der Waals surface area contributed by atoms with Crippen LogP contribution in [0, 0.1) is 0 Å². The van der Waals surface area contributed by atoms with Crippen molar-refractivity contribution in [3.8, 4) is 0 Å². The van der Waals surface area contributed by atoms with Gasteiger partial charge >= 0.3 is 0 Å². The van der Waals surface area contributed by atoms with Gasteiger partial charge in [0.2, 0.25) is 0 Å². The predicted molar refractivity (Wildman–Crippen MR) is 65.2 cm³/mol. The van der Waals surface area contributed by atoms with E-state index in [4.69, 9.17) is 0 Å². The summed E-state index contributed by atoms with van der Waals surface area (Å²) in [6.07, 6.45) is 2.79. The summed E-state index contributed by atoms with van der Waals surface area (Å²) in [6.45, 7) is 0.502. The lowest BCUT2D eigenvalue weighted by Gasteiger charge is -2.03. The van der Waals surface area contributed by atoms with Gasteiger partial charge in [0.15, 0.2) is 12.1 Å². The molecule has 0 saturated heterocycles. The molecule has 0 bridgehead atoms. The third kappa shape index (κ3) is 1.67. The van der Waals surface area contributed by atoms with Crippen molar-refractivity contribution in [1.29, 1.82) is 0 Å². The van der Waals surface area contributed by atoms with E-state index in [0.29, 0.717) is 17.9 Å². The molecule has 0 aliphatic rings. The second-order valence-corrected chi connectivity index (χ2v) is 4.04. The van der Waals surface area contributed by atoms with Crippen LogP contribution in [-0.4, -0.2) is 31.1 Å². The Labute approximate surface area is 103 Å². The molecule has 90 valence electrons. The van der Waals surface area contributed by atoms with E-state index in [9.17, 15) is 4.79 Å². The Morgan fingerprint density at radius 3 is 2.94 bits per heavy atom. The molecule has 0 fully saturated rings. The van der Waals surface area contributed by atoms with Crippen LogP contribution in [0.2, 0.25) is 0 Å². The van der Waals surface area contributed by atoms with Crippen molar-refractivity contribution in [3.63, 3.8) is 0 Å². The minimum absolute atomic E-state index is 0.502. The topological polar surface area (TPSA) is 65.6 Å². The minimum atomic E-state index is 0.502. The zero-order chi connectivity index (χ0) is 12.5. The SMILES string of the molecule is Cn1nnc(Cn2ccc3cccc(C=O)c32)n1. The molecule has 0 saturated carbocycles. The van der Waals surface area contributed by atoms with Crippen molar-refractivity contribution in [3.05, 3.63) is 41.9 Å². The molecule has 0 amide bonds. The Bertz CT molecular complexity index is 712. The maximum Gasteiger partial charge on any atom is 0.194 e. The number of para-hydroxylation sites is 1. The predicted octanol–water partition coefficient (Wildman–Crippen LogP) is 1.03. The van der Waals surface area contributed by atoms with E-state index in [0.717, 1.165) is 17.2 Å². The number of carbonyl (C=O) groups is 1. The Morgan fingerprint density at radius 2 is 2.22 bits per heavy atom. The zero-order valence-corrected chi connectivity index (χ0v) is 9.82. The molecule has 0 atom stereocenters. The smallest absolute Gasteiger partial charge is 0.194 e. The van der Waals surface area contributed by atoms with Gasteiger partial charge in [-0.15, -0.1) is 10.2 Å². The third-order valence-corrected chi connectivity index (χ3v) is 2.81. The lowest BCUT2D eigenvalue weighted by molar-refractivity contribution is 0.112. The number of benzene rings is 1. The fraction of sp³-hybridized carbons (Fsp3) is 0.167. The van der Waals surface area contributed by atoms with Gasteiger partial charge in [-0.2, -0.15) is 4.80 Å². The van der Waals surface area contributed by atoms with Gasteiger partial charge in [0, 0.05) is 17.1 Å². The molecule has 0 aliphatic carbocycles. The van der Waals surface area contributed by atoms with Crippen molar-refractivity contribution in [2.75, 3.05) is 0 Å². The first kappa shape index (κ1) is 10.6. The summed E-state index contributed by atoms with van der Waals surface area (Å²) in [7, 11) is 1.72. The Balaban J connectivity index is 2.09. The third-order valence-electron chi connectivity index (χ3n) is 2.81. The van der Waals surface area contributed by atoms with Gasteiger partial charge in [-0.05, 0) is 17.3 Å². The number of hydrogen-bond acceptors (Lipinski definition) is 4. The van der Waals surface area contributed by atoms with Crippen LogP contribution in [-0.2, 0) is 13.6 Å². The van der Waals surface area contributed by atoms with Gasteiger partial charge < -0.3 is 4.57 Å². The Kier molecular flexibility index (Phi) is 2.40. The summed E-state index contributed by atoms with van der Waals surface area (Å²) in [6, 6.07) is 7.62. The molecule has 2 heterocycles. The van der Waals surface area contributed by atoms with Gasteiger partial charge in [-0.3, -0.25) is 4.79 Å². The van der Waals surface area contributed by atoms with Gasteiger partial charge in [0.25, 0.3) is 0 Å². The van der Waals surface area contributed by atoms with E-state index in [-0.39, 0.29) is 0 Å². The molecule has 3 rings (SSSR count). The second kappa shape index (κ2) is 4.06. The molecule has 0 radical (unpaired) electrons. The van der Waals surface area contributed by atoms with E-state index in [1.807, 2.05) is 29.0 Å². The molecule has 0 aliphatic heterocycles. The summed E-state index contributed by atoms with van der Waals surface area (Å²) >= 11 is 0. The van der Waals surface area contributed by atoms with Crippen LogP contribution in [0.15, 0.2) is 30.5 Å². The standard InChI is InChI=1S/C12H11N5O/c1-16-14-11(13-15-16)7-17-6-5-9-3-2-4-10(8-18)12(9)17/h2-6,8H,7H2,1H3. The quantitative estimate of drug-likeness (QED) is 0.642. The first-order valence-electron chi connectivity index (χ1n) is 5.54. The van der Waals surface area contributed by atoms with Crippen LogP contribution in [0.4, 0.5) is 0 Å². The molecule has 0 unspecified atom stereocenters. The number of rotatable bonds is 3. The monoisotopic (exact) mass is 241 g/mol. The van der Waals surface area contributed by atoms with Crippen molar-refractivity contribution in [2.45, 2.75) is 6.54 Å². The van der Waals surface area contributed by atoms with E-state index in [1.54, 1.807) is 13.1 Å². The Morgan fingerprint density at radius 1 is 1.33 bits per heavy atom. The van der Waals surface area contributed by atoms with Gasteiger partial charge in [0.05, 0.1) is 19.1 Å². The molecule has 6 heteroatoms. The molecule has 0 N–H and O–H groups in total. The van der Waals surface area contributed by atoms with E-state index >= 15 is 0 Å². The summed E-state index contributed by atoms with van der Waals surface area (Å²) in [5, 5.41) is 12.9. The number of tetrazole rings is 1. The highest BCUT2D eigenvalue weighted by Crippen LogP contribution is 2.19. The lowest BCUT2D eigenvalue weighted by atomic mass is 10.1. The van der Waals surface area contributed by atoms with Crippen LogP contribution in [0.3, 0.4) is 0 Å². The highest BCUT2D eigenvalue weighted by molar-refractivity contribution is 5.96. The second-order valence-electron chi connectivity index (χ2n) is 4.04. The summed E-state index contributed by atoms with van der Waals surface area (Å²) in [5.41, 5.74) is 1.57. The van der Waals surface area contributed by atoms with Gasteiger partial charge in [-0.1, -0.05) is 12.1 Å². The van der Waals surface area contributed by atoms with Gasteiger partial charge in [0.1, 0.15) is 0 Å². The van der Waals surface area contributed by atoms with Gasteiger partial charge in [-0.25, -0.2) is 0 Å². The maximum absolute atomic E-state index is 11.1. The molecule has 1 aromatic carbocycles. The number of aromatic nitrogens is 5. The minimum Gasteiger partial charge on any atom is -0.339 e. The van der Waals surface area contributed by atoms with Crippen LogP contribution >= 0.6 is 0 Å². The molecule has 18 heavy (non-hydrogen) atoms. The van der Waals surface area contributed by atoms with Crippen molar-refractivity contribution < 1.29 is 4.79 Å². The molecule has 0 spiro atoms. The normalized spacial score (nSPS) is 10.9. The Hall–Kier alpha value is -2.50. The molecular weight excluding hydrogens is 230 g/mol. The summed E-state index contributed by atoms with van der Waals surface area (Å²) in [5.74, 6) is 0.621. The van der Waals surface area contributed by atoms with Crippen LogP contribution in [0.5, 0.6) is 0 Å². The van der Waals surface area contributed by atoms with E-state index in [1.165, 1.54) is 4.80 Å². The number of aldehydes is 1. The summed E-state index contributed by atoms with van der Waals surface area (Å²) < 4.78 is 1.95. The van der Waals surface area contributed by atoms with Crippen molar-refractivity contribution in [1.82, 2.24) is 24.8 Å². The largest absolute Gasteiger partial charge is 0.339 e. The molecular formula is C12H11N5O. The fourth-order valence-corrected chi connectivity index (χ4v) is 2.06. The molecule has 2 aromatic heterocycles. The number of hydrogen-bond donors (Lipinski definition) is 0. The highest BCUT2D eigenvalue weighted by atomic mass is 16.1. The average Bonchev–Trinajstić information content (AvgIpc) is 2.97. The van der Waals surface area contributed by atoms with E-state index < -0.39 is 0 Å². The van der Waals surface area contributed by atoms with Crippen LogP contribution in [0.1, 0.15) is 16.2 Å². The number of nitrogens with zero attached hydrogens (tertiary/aromatic N) is 5. The number of carbonyl (C=O) groups excluding carboxylic acids is 1. The zero-order valence-electron chi connectivity index (χ0n) is 9.82. The highest BCUT2D eigenvalue weighted by Gasteiger charge is 2.08. The first-order valence-corrected chi connectivity index (χ1v) is 5.54. The van der Waals surface area contributed by atoms with Crippen LogP contribution < -0.4 is 0 Å². The first-order chi connectivity index (χ1) is 8.78. The lowest BCUT2D eigenvalue weighted by Crippen LogP contribution is -2.02. The summed E-state index contributed by atoms with van der Waals surface area (Å²) in [4.78, 5) is 12.5. The molecule has 6 nitrogen and oxygen atoms in total. The molecule has 3 aromatic rings. The van der Waals surface area contributed by atoms with E-state index in [2.05, 4.69) is 15.4 Å². The van der Waals surface area contributed by atoms with Crippen molar-refractivity contribution >= 4 is 17.2 Å². The van der Waals surface area contributed by atoms with Crippen LogP contribution in [0.25, 0.3) is 10.9 Å².